The fraction of sp³-hybridized carbons (Fsp3) is 0.391. The SMILES string of the molecule is CC(C)COC(=O)C(CC1(F)COC1)N=C(c1ccccc1)c1ccccc1. The minimum absolute atomic E-state index is 0.0114. The smallest absolute Gasteiger partial charge is 0.331 e. The van der Waals surface area contributed by atoms with E-state index in [2.05, 4.69) is 0 Å². The van der Waals surface area contributed by atoms with Gasteiger partial charge in [-0.1, -0.05) is 74.5 Å². The molecular formula is C23H26FNO3. The predicted molar refractivity (Wildman–Crippen MR) is 107 cm³/mol. The average molecular weight is 383 g/mol. The number of alkyl halides is 1. The molecule has 0 aliphatic carbocycles. The number of ether oxygens (including phenoxy) is 2. The normalized spacial score (nSPS) is 16.1. The maximum atomic E-state index is 14.8. The molecule has 0 aromatic heterocycles. The lowest BCUT2D eigenvalue weighted by Gasteiger charge is -2.35. The fourth-order valence-corrected chi connectivity index (χ4v) is 2.98. The zero-order valence-electron chi connectivity index (χ0n) is 16.3. The molecule has 28 heavy (non-hydrogen) atoms. The van der Waals surface area contributed by atoms with Gasteiger partial charge in [0.1, 0.15) is 0 Å². The van der Waals surface area contributed by atoms with Crippen LogP contribution in [-0.4, -0.2) is 43.2 Å². The summed E-state index contributed by atoms with van der Waals surface area (Å²) >= 11 is 0. The fourth-order valence-electron chi connectivity index (χ4n) is 2.98. The topological polar surface area (TPSA) is 47.9 Å². The van der Waals surface area contributed by atoms with Gasteiger partial charge >= 0.3 is 5.97 Å². The Morgan fingerprint density at radius 2 is 1.61 bits per heavy atom. The number of carbonyl (C=O) groups excluding carboxylic acids is 1. The summed E-state index contributed by atoms with van der Waals surface area (Å²) in [4.78, 5) is 17.4. The van der Waals surface area contributed by atoms with Crippen LogP contribution in [-0.2, 0) is 14.3 Å². The number of carbonyl (C=O) groups is 1. The van der Waals surface area contributed by atoms with Gasteiger partial charge in [-0.25, -0.2) is 9.18 Å². The molecule has 0 radical (unpaired) electrons. The van der Waals surface area contributed by atoms with Crippen LogP contribution in [0.3, 0.4) is 0 Å². The van der Waals surface area contributed by atoms with Gasteiger partial charge < -0.3 is 9.47 Å². The van der Waals surface area contributed by atoms with Crippen molar-refractivity contribution in [1.29, 1.82) is 0 Å². The third-order valence-electron chi connectivity index (χ3n) is 4.49. The van der Waals surface area contributed by atoms with Gasteiger partial charge in [0.2, 0.25) is 0 Å². The summed E-state index contributed by atoms with van der Waals surface area (Å²) in [7, 11) is 0. The molecule has 0 spiro atoms. The van der Waals surface area contributed by atoms with Crippen molar-refractivity contribution >= 4 is 11.7 Å². The standard InChI is InChI=1S/C23H26FNO3/c1-17(2)14-28-22(26)20(13-23(24)15-27-16-23)25-21(18-9-5-3-6-10-18)19-11-7-4-8-12-19/h3-12,17,20H,13-16H2,1-2H3. The molecule has 2 aromatic carbocycles. The summed E-state index contributed by atoms with van der Waals surface area (Å²) in [5.74, 6) is -0.301. The number of hydrogen-bond acceptors (Lipinski definition) is 4. The summed E-state index contributed by atoms with van der Waals surface area (Å²) in [6, 6.07) is 18.3. The maximum Gasteiger partial charge on any atom is 0.331 e. The van der Waals surface area contributed by atoms with E-state index in [9.17, 15) is 9.18 Å². The number of hydrogen-bond donors (Lipinski definition) is 0. The molecule has 1 fully saturated rings. The van der Waals surface area contributed by atoms with E-state index in [0.717, 1.165) is 11.1 Å². The summed E-state index contributed by atoms with van der Waals surface area (Å²) in [5, 5.41) is 0. The Hall–Kier alpha value is -2.53. The van der Waals surface area contributed by atoms with Crippen molar-refractivity contribution in [2.45, 2.75) is 32.0 Å². The first-order valence-electron chi connectivity index (χ1n) is 9.59. The Morgan fingerprint density at radius 3 is 2.04 bits per heavy atom. The number of nitrogens with zero attached hydrogens (tertiary/aromatic N) is 1. The third kappa shape index (κ3) is 5.26. The van der Waals surface area contributed by atoms with Crippen molar-refractivity contribution in [3.05, 3.63) is 71.8 Å². The second-order valence-electron chi connectivity index (χ2n) is 7.60. The highest BCUT2D eigenvalue weighted by Crippen LogP contribution is 2.29. The number of rotatable bonds is 8. The van der Waals surface area contributed by atoms with Gasteiger partial charge in [0.05, 0.1) is 25.5 Å². The molecule has 0 N–H and O–H groups in total. The zero-order valence-corrected chi connectivity index (χ0v) is 16.3. The van der Waals surface area contributed by atoms with Gasteiger partial charge in [-0.15, -0.1) is 0 Å². The summed E-state index contributed by atoms with van der Waals surface area (Å²) in [6.07, 6.45) is -0.0485. The summed E-state index contributed by atoms with van der Waals surface area (Å²) in [5.41, 5.74) is 0.849. The molecule has 1 unspecified atom stereocenters. The second kappa shape index (κ2) is 9.11. The third-order valence-corrected chi connectivity index (χ3v) is 4.49. The van der Waals surface area contributed by atoms with Crippen LogP contribution in [0.1, 0.15) is 31.4 Å². The molecule has 1 aliphatic rings. The van der Waals surface area contributed by atoms with Crippen LogP contribution in [0.15, 0.2) is 65.7 Å². The number of halogens is 1. The highest BCUT2D eigenvalue weighted by Gasteiger charge is 2.43. The molecule has 148 valence electrons. The van der Waals surface area contributed by atoms with E-state index in [-0.39, 0.29) is 32.2 Å². The van der Waals surface area contributed by atoms with E-state index in [4.69, 9.17) is 14.5 Å². The molecule has 0 saturated carbocycles. The molecule has 1 aliphatic heterocycles. The molecule has 1 heterocycles. The number of aliphatic imine (C=N–C) groups is 1. The minimum Gasteiger partial charge on any atom is -0.464 e. The molecule has 1 saturated heterocycles. The van der Waals surface area contributed by atoms with Crippen LogP contribution in [0.5, 0.6) is 0 Å². The van der Waals surface area contributed by atoms with Crippen molar-refractivity contribution in [2.75, 3.05) is 19.8 Å². The van der Waals surface area contributed by atoms with E-state index >= 15 is 0 Å². The highest BCUT2D eigenvalue weighted by atomic mass is 19.1. The number of benzene rings is 2. The Balaban J connectivity index is 1.96. The molecular weight excluding hydrogens is 357 g/mol. The molecule has 1 atom stereocenters. The van der Waals surface area contributed by atoms with Crippen LogP contribution >= 0.6 is 0 Å². The monoisotopic (exact) mass is 383 g/mol. The van der Waals surface area contributed by atoms with Crippen LogP contribution in [0, 0.1) is 5.92 Å². The van der Waals surface area contributed by atoms with Crippen molar-refractivity contribution in [2.24, 2.45) is 10.9 Å². The molecule has 0 bridgehead atoms. The maximum absolute atomic E-state index is 14.8. The second-order valence-corrected chi connectivity index (χ2v) is 7.60. The van der Waals surface area contributed by atoms with Gasteiger partial charge in [-0.05, 0) is 5.92 Å². The lowest BCUT2D eigenvalue weighted by molar-refractivity contribution is -0.156. The van der Waals surface area contributed by atoms with E-state index in [0.29, 0.717) is 5.71 Å². The van der Waals surface area contributed by atoms with Crippen molar-refractivity contribution in [1.82, 2.24) is 0 Å². The van der Waals surface area contributed by atoms with Gasteiger partial charge in [-0.2, -0.15) is 0 Å². The molecule has 0 amide bonds. The van der Waals surface area contributed by atoms with Crippen LogP contribution in [0.2, 0.25) is 0 Å². The molecule has 3 rings (SSSR count). The first-order valence-corrected chi connectivity index (χ1v) is 9.59. The lowest BCUT2D eigenvalue weighted by Crippen LogP contribution is -2.49. The van der Waals surface area contributed by atoms with Gasteiger partial charge in [0, 0.05) is 17.5 Å². The van der Waals surface area contributed by atoms with E-state index in [1.54, 1.807) is 0 Å². The van der Waals surface area contributed by atoms with Gasteiger partial charge in [-0.3, -0.25) is 4.99 Å². The van der Waals surface area contributed by atoms with Gasteiger partial charge in [0.25, 0.3) is 0 Å². The Bertz CT molecular complexity index is 760. The Labute approximate surface area is 165 Å². The first kappa shape index (κ1) is 20.2. The summed E-state index contributed by atoms with van der Waals surface area (Å²) < 4.78 is 25.2. The Morgan fingerprint density at radius 1 is 1.07 bits per heavy atom. The largest absolute Gasteiger partial charge is 0.464 e. The molecule has 5 heteroatoms. The highest BCUT2D eigenvalue weighted by molar-refractivity contribution is 6.13. The quantitative estimate of drug-likeness (QED) is 0.507. The zero-order chi connectivity index (χ0) is 20.0. The van der Waals surface area contributed by atoms with E-state index in [1.165, 1.54) is 0 Å². The van der Waals surface area contributed by atoms with Crippen LogP contribution < -0.4 is 0 Å². The van der Waals surface area contributed by atoms with Crippen molar-refractivity contribution in [3.8, 4) is 0 Å². The van der Waals surface area contributed by atoms with Crippen molar-refractivity contribution < 1.29 is 18.7 Å². The predicted octanol–water partition coefficient (Wildman–Crippen LogP) is 4.22. The van der Waals surface area contributed by atoms with Crippen LogP contribution in [0.4, 0.5) is 4.39 Å². The van der Waals surface area contributed by atoms with E-state index in [1.807, 2.05) is 74.5 Å². The molecule has 4 nitrogen and oxygen atoms in total. The average Bonchev–Trinajstić information content (AvgIpc) is 2.69. The summed E-state index contributed by atoms with van der Waals surface area (Å²) in [6.45, 7) is 4.18. The molecule has 2 aromatic rings. The first-order chi connectivity index (χ1) is 13.5. The Kier molecular flexibility index (Phi) is 6.57. The minimum atomic E-state index is -1.54. The van der Waals surface area contributed by atoms with Crippen LogP contribution in [0.25, 0.3) is 0 Å². The van der Waals surface area contributed by atoms with Crippen molar-refractivity contribution in [3.63, 3.8) is 0 Å². The van der Waals surface area contributed by atoms with E-state index < -0.39 is 17.7 Å². The number of esters is 1. The van der Waals surface area contributed by atoms with Gasteiger partial charge in [0.15, 0.2) is 11.7 Å². The lowest BCUT2D eigenvalue weighted by atomic mass is 9.94.